The molecule has 0 saturated heterocycles. The van der Waals surface area contributed by atoms with Gasteiger partial charge in [-0.1, -0.05) is 18.2 Å². The zero-order valence-corrected chi connectivity index (χ0v) is 6.52. The summed E-state index contributed by atoms with van der Waals surface area (Å²) in [5, 5.41) is 19.2. The third-order valence-electron chi connectivity index (χ3n) is 1.51. The summed E-state index contributed by atoms with van der Waals surface area (Å²) >= 11 is 0. The van der Waals surface area contributed by atoms with Gasteiger partial charge in [0.1, 0.15) is 0 Å². The fourth-order valence-electron chi connectivity index (χ4n) is 0.894. The molecule has 0 radical (unpaired) electrons. The van der Waals surface area contributed by atoms with E-state index in [2.05, 4.69) is 0 Å². The summed E-state index contributed by atoms with van der Waals surface area (Å²) in [6.45, 7) is 1.68. The molecule has 0 aromatic heterocycles. The Kier molecular flexibility index (Phi) is 2.30. The SMILES string of the molecule is Cc1ccccc1N([O-])C(=O)O. The van der Waals surface area contributed by atoms with E-state index in [0.29, 0.717) is 5.56 Å². The van der Waals surface area contributed by atoms with E-state index < -0.39 is 6.09 Å². The average molecular weight is 166 g/mol. The van der Waals surface area contributed by atoms with Crippen LogP contribution in [-0.4, -0.2) is 11.2 Å². The van der Waals surface area contributed by atoms with Crippen LogP contribution in [-0.2, 0) is 0 Å². The number of carbonyl (C=O) groups is 1. The largest absolute Gasteiger partial charge is 0.749 e. The number of amides is 1. The highest BCUT2D eigenvalue weighted by atomic mass is 16.6. The van der Waals surface area contributed by atoms with E-state index in [9.17, 15) is 10.0 Å². The van der Waals surface area contributed by atoms with Crippen LogP contribution in [0.15, 0.2) is 24.3 Å². The van der Waals surface area contributed by atoms with Crippen molar-refractivity contribution in [1.82, 2.24) is 0 Å². The van der Waals surface area contributed by atoms with Crippen molar-refractivity contribution in [3.8, 4) is 0 Å². The number of aryl methyl sites for hydroxylation is 1. The third kappa shape index (κ3) is 1.54. The van der Waals surface area contributed by atoms with Gasteiger partial charge in [-0.3, -0.25) is 0 Å². The molecule has 0 aliphatic heterocycles. The third-order valence-corrected chi connectivity index (χ3v) is 1.51. The Bertz CT molecular complexity index is 298. The summed E-state index contributed by atoms with van der Waals surface area (Å²) in [5.41, 5.74) is 0.819. The first-order valence-electron chi connectivity index (χ1n) is 3.38. The minimum absolute atomic E-state index is 0.0463. The highest BCUT2D eigenvalue weighted by Crippen LogP contribution is 2.17. The molecule has 1 amide bonds. The van der Waals surface area contributed by atoms with Crippen LogP contribution in [0.1, 0.15) is 5.56 Å². The summed E-state index contributed by atoms with van der Waals surface area (Å²) in [4.78, 5) is 10.3. The van der Waals surface area contributed by atoms with Gasteiger partial charge in [-0.25, -0.2) is 4.79 Å². The Balaban J connectivity index is 3.02. The summed E-state index contributed by atoms with van der Waals surface area (Å²) in [6.07, 6.45) is -1.50. The molecule has 1 rings (SSSR count). The van der Waals surface area contributed by atoms with Gasteiger partial charge in [-0.2, -0.15) is 0 Å². The van der Waals surface area contributed by atoms with Crippen molar-refractivity contribution in [3.63, 3.8) is 0 Å². The van der Waals surface area contributed by atoms with Crippen molar-refractivity contribution in [2.24, 2.45) is 0 Å². The van der Waals surface area contributed by atoms with Gasteiger partial charge < -0.3 is 15.4 Å². The lowest BCUT2D eigenvalue weighted by Crippen LogP contribution is -2.22. The molecule has 64 valence electrons. The number of rotatable bonds is 1. The Labute approximate surface area is 69.6 Å². The number of anilines is 1. The first-order chi connectivity index (χ1) is 5.63. The minimum atomic E-state index is -1.50. The molecule has 0 fully saturated rings. The highest BCUT2D eigenvalue weighted by molar-refractivity contribution is 5.87. The van der Waals surface area contributed by atoms with E-state index in [-0.39, 0.29) is 10.8 Å². The average Bonchev–Trinajstić information content (AvgIpc) is 2.04. The van der Waals surface area contributed by atoms with Crippen molar-refractivity contribution >= 4 is 11.8 Å². The fourth-order valence-corrected chi connectivity index (χ4v) is 0.894. The van der Waals surface area contributed by atoms with Crippen LogP contribution in [0.4, 0.5) is 10.5 Å². The molecule has 0 aliphatic rings. The molecule has 1 aromatic rings. The van der Waals surface area contributed by atoms with Gasteiger partial charge in [0.05, 0.1) is 0 Å². The maximum Gasteiger partial charge on any atom is 0.401 e. The zero-order valence-electron chi connectivity index (χ0n) is 6.52. The predicted molar refractivity (Wildman–Crippen MR) is 45.0 cm³/mol. The fraction of sp³-hybridized carbons (Fsp3) is 0.125. The maximum atomic E-state index is 10.9. The van der Waals surface area contributed by atoms with Gasteiger partial charge in [-0.15, -0.1) is 0 Å². The number of hydrogen-bond donors (Lipinski definition) is 1. The second kappa shape index (κ2) is 3.23. The van der Waals surface area contributed by atoms with Crippen LogP contribution in [0.5, 0.6) is 0 Å². The number of benzene rings is 1. The molecular weight excluding hydrogens is 158 g/mol. The van der Waals surface area contributed by atoms with Crippen LogP contribution in [0.3, 0.4) is 0 Å². The van der Waals surface area contributed by atoms with E-state index >= 15 is 0 Å². The quantitative estimate of drug-likeness (QED) is 0.648. The first-order valence-corrected chi connectivity index (χ1v) is 3.38. The number of hydroxylamine groups is 1. The number of carboxylic acid groups (broad SMARTS) is 1. The van der Waals surface area contributed by atoms with E-state index in [0.717, 1.165) is 0 Å². The second-order valence-corrected chi connectivity index (χ2v) is 2.36. The summed E-state index contributed by atoms with van der Waals surface area (Å²) in [7, 11) is 0. The van der Waals surface area contributed by atoms with Gasteiger partial charge in [-0.05, 0) is 18.6 Å². The maximum absolute atomic E-state index is 10.9. The monoisotopic (exact) mass is 166 g/mol. The Morgan fingerprint density at radius 2 is 2.08 bits per heavy atom. The molecule has 1 N–H and O–H groups in total. The molecule has 0 spiro atoms. The van der Waals surface area contributed by atoms with Gasteiger partial charge in [0.15, 0.2) is 0 Å². The zero-order chi connectivity index (χ0) is 9.14. The Morgan fingerprint density at radius 3 is 2.58 bits per heavy atom. The van der Waals surface area contributed by atoms with E-state index in [4.69, 9.17) is 5.11 Å². The lowest BCUT2D eigenvalue weighted by molar-refractivity contribution is 0.204. The summed E-state index contributed by atoms with van der Waals surface area (Å²) in [6, 6.07) is 6.52. The standard InChI is InChI=1S/C8H8NO3/c1-6-4-2-3-5-7(6)9(12)8(10)11/h2-5H,1H3,(H,10,11)/q-1. The molecule has 12 heavy (non-hydrogen) atoms. The molecule has 0 saturated carbocycles. The molecule has 4 nitrogen and oxygen atoms in total. The molecule has 1 aromatic carbocycles. The van der Waals surface area contributed by atoms with Crippen molar-refractivity contribution in [1.29, 1.82) is 0 Å². The number of para-hydroxylation sites is 1. The minimum Gasteiger partial charge on any atom is -0.749 e. The normalized spacial score (nSPS) is 9.50. The van der Waals surface area contributed by atoms with Gasteiger partial charge >= 0.3 is 6.09 Å². The smallest absolute Gasteiger partial charge is 0.401 e. The van der Waals surface area contributed by atoms with E-state index in [1.807, 2.05) is 0 Å². The molecule has 0 aliphatic carbocycles. The first kappa shape index (κ1) is 8.55. The summed E-state index contributed by atoms with van der Waals surface area (Å²) in [5.74, 6) is 0. The van der Waals surface area contributed by atoms with E-state index in [1.165, 1.54) is 6.07 Å². The Morgan fingerprint density at radius 1 is 1.50 bits per heavy atom. The van der Waals surface area contributed by atoms with E-state index in [1.54, 1.807) is 25.1 Å². The molecule has 0 unspecified atom stereocenters. The lowest BCUT2D eigenvalue weighted by atomic mass is 10.2. The highest BCUT2D eigenvalue weighted by Gasteiger charge is 2.03. The lowest BCUT2D eigenvalue weighted by Gasteiger charge is -2.25. The van der Waals surface area contributed by atoms with Crippen LogP contribution >= 0.6 is 0 Å². The molecule has 0 bridgehead atoms. The van der Waals surface area contributed by atoms with Crippen molar-refractivity contribution in [2.75, 3.05) is 5.06 Å². The predicted octanol–water partition coefficient (Wildman–Crippen LogP) is 1.98. The van der Waals surface area contributed by atoms with Crippen molar-refractivity contribution < 1.29 is 9.90 Å². The molecule has 0 atom stereocenters. The Hall–Kier alpha value is -1.55. The molecular formula is C8H8NO3-. The molecule has 4 heteroatoms. The van der Waals surface area contributed by atoms with Gasteiger partial charge in [0, 0.05) is 5.69 Å². The van der Waals surface area contributed by atoms with Crippen LogP contribution in [0, 0.1) is 12.1 Å². The second-order valence-electron chi connectivity index (χ2n) is 2.36. The van der Waals surface area contributed by atoms with Gasteiger partial charge in [0.2, 0.25) is 0 Å². The van der Waals surface area contributed by atoms with Crippen molar-refractivity contribution in [2.45, 2.75) is 6.92 Å². The molecule has 0 heterocycles. The number of hydrogen-bond acceptors (Lipinski definition) is 2. The van der Waals surface area contributed by atoms with Gasteiger partial charge in [0.25, 0.3) is 0 Å². The van der Waals surface area contributed by atoms with Crippen LogP contribution in [0.25, 0.3) is 0 Å². The van der Waals surface area contributed by atoms with Crippen LogP contribution < -0.4 is 5.06 Å². The number of nitrogens with zero attached hydrogens (tertiary/aromatic N) is 1. The van der Waals surface area contributed by atoms with Crippen molar-refractivity contribution in [3.05, 3.63) is 35.0 Å². The summed E-state index contributed by atoms with van der Waals surface area (Å²) < 4.78 is 0. The van der Waals surface area contributed by atoms with Crippen LogP contribution in [0.2, 0.25) is 0 Å². The topological polar surface area (TPSA) is 63.6 Å².